The molecule has 0 spiro atoms. The van der Waals surface area contributed by atoms with Gasteiger partial charge >= 0.3 is 5.97 Å². The smallest absolute Gasteiger partial charge is 0.323 e. The predicted octanol–water partition coefficient (Wildman–Crippen LogP) is 4.68. The fourth-order valence-corrected chi connectivity index (χ4v) is 5.96. The molecule has 2 aromatic carbocycles. The van der Waals surface area contributed by atoms with Crippen molar-refractivity contribution in [2.75, 3.05) is 42.8 Å². The minimum absolute atomic E-state index is 0.0403. The SMILES string of the molecule is CCCCN1CCC(Oc2ccc(N(CC=Cc3cccc(C(=N)N)c3)S(=O)(=O)CC(=O)OCC)cc2Cl)CC1. The molecule has 0 atom stereocenters. The molecular weight excluding hydrogens is 552 g/mol. The van der Waals surface area contributed by atoms with Crippen LogP contribution in [0.2, 0.25) is 5.02 Å². The maximum Gasteiger partial charge on any atom is 0.323 e. The van der Waals surface area contributed by atoms with Gasteiger partial charge in [0, 0.05) is 18.7 Å². The lowest BCUT2D eigenvalue weighted by atomic mass is 10.1. The summed E-state index contributed by atoms with van der Waals surface area (Å²) in [6.45, 7) is 6.88. The topological polar surface area (TPSA) is 126 Å². The highest BCUT2D eigenvalue weighted by Gasteiger charge is 2.27. The van der Waals surface area contributed by atoms with Crippen LogP contribution in [0.5, 0.6) is 5.75 Å². The molecule has 1 saturated heterocycles. The molecule has 1 heterocycles. The van der Waals surface area contributed by atoms with E-state index in [2.05, 4.69) is 11.8 Å². The van der Waals surface area contributed by atoms with Crippen LogP contribution in [0.1, 0.15) is 50.7 Å². The van der Waals surface area contributed by atoms with Gasteiger partial charge in [-0.15, -0.1) is 0 Å². The first-order valence-electron chi connectivity index (χ1n) is 13.6. The highest BCUT2D eigenvalue weighted by atomic mass is 35.5. The monoisotopic (exact) mass is 590 g/mol. The third-order valence-corrected chi connectivity index (χ3v) is 8.51. The molecule has 0 aliphatic carbocycles. The number of anilines is 1. The first-order chi connectivity index (χ1) is 19.1. The largest absolute Gasteiger partial charge is 0.489 e. The first kappa shape index (κ1) is 31.4. The minimum Gasteiger partial charge on any atom is -0.489 e. The highest BCUT2D eigenvalue weighted by molar-refractivity contribution is 7.93. The van der Waals surface area contributed by atoms with Crippen LogP contribution in [0.4, 0.5) is 5.69 Å². The van der Waals surface area contributed by atoms with Gasteiger partial charge in [-0.2, -0.15) is 0 Å². The molecule has 0 saturated carbocycles. The van der Waals surface area contributed by atoms with Crippen LogP contribution in [0.15, 0.2) is 48.5 Å². The Morgan fingerprint density at radius 1 is 1.20 bits per heavy atom. The Balaban J connectivity index is 1.78. The second-order valence-corrected chi connectivity index (χ2v) is 12.0. The number of likely N-dealkylation sites (tertiary alicyclic amines) is 1. The number of hydrogen-bond acceptors (Lipinski definition) is 7. The fraction of sp³-hybridized carbons (Fsp3) is 0.448. The fourth-order valence-electron chi connectivity index (χ4n) is 4.46. The number of carbonyl (C=O) groups is 1. The van der Waals surface area contributed by atoms with Crippen molar-refractivity contribution in [1.82, 2.24) is 4.90 Å². The van der Waals surface area contributed by atoms with Crippen molar-refractivity contribution in [2.24, 2.45) is 5.73 Å². The van der Waals surface area contributed by atoms with Gasteiger partial charge in [-0.25, -0.2) is 8.42 Å². The number of nitrogens with zero attached hydrogens (tertiary/aromatic N) is 2. The van der Waals surface area contributed by atoms with Gasteiger partial charge in [0.2, 0.25) is 10.0 Å². The molecule has 1 aliphatic rings. The summed E-state index contributed by atoms with van der Waals surface area (Å²) in [7, 11) is -4.10. The Morgan fingerprint density at radius 3 is 2.60 bits per heavy atom. The summed E-state index contributed by atoms with van der Waals surface area (Å²) in [5, 5.41) is 7.91. The zero-order chi connectivity index (χ0) is 29.1. The van der Waals surface area contributed by atoms with Crippen molar-refractivity contribution >= 4 is 45.2 Å². The Morgan fingerprint density at radius 2 is 1.95 bits per heavy atom. The van der Waals surface area contributed by atoms with Crippen LogP contribution < -0.4 is 14.8 Å². The average molecular weight is 591 g/mol. The van der Waals surface area contributed by atoms with Gasteiger partial charge in [-0.3, -0.25) is 14.5 Å². The number of nitrogens with two attached hydrogens (primary N) is 1. The average Bonchev–Trinajstić information content (AvgIpc) is 2.91. The summed E-state index contributed by atoms with van der Waals surface area (Å²) in [5.41, 5.74) is 7.19. The molecule has 40 heavy (non-hydrogen) atoms. The van der Waals surface area contributed by atoms with Gasteiger partial charge in [-0.1, -0.05) is 55.3 Å². The number of esters is 1. The van der Waals surface area contributed by atoms with Gasteiger partial charge in [-0.05, 0) is 62.6 Å². The second-order valence-electron chi connectivity index (χ2n) is 9.66. The van der Waals surface area contributed by atoms with Crippen LogP contribution in [0, 0.1) is 5.41 Å². The standard InChI is InChI=1S/C29H39ClN4O5S/c1-3-5-15-33-17-13-25(14-18-33)39-27-12-11-24(20-26(27)30)34(40(36,37)21-28(35)38-4-2)16-7-9-22-8-6-10-23(19-22)29(31)32/h6-12,19-20,25H,3-5,13-18,21H2,1-2H3,(H3,31,32). The Hall–Kier alpha value is -3.08. The van der Waals surface area contributed by atoms with E-state index in [-0.39, 0.29) is 25.1 Å². The summed E-state index contributed by atoms with van der Waals surface area (Å²) in [4.78, 5) is 14.5. The van der Waals surface area contributed by atoms with Crippen LogP contribution in [-0.2, 0) is 19.6 Å². The van der Waals surface area contributed by atoms with Crippen LogP contribution in [-0.4, -0.2) is 69.8 Å². The maximum atomic E-state index is 13.3. The molecule has 0 bridgehead atoms. The van der Waals surface area contributed by atoms with E-state index in [1.54, 1.807) is 55.5 Å². The van der Waals surface area contributed by atoms with Crippen LogP contribution in [0.25, 0.3) is 6.08 Å². The van der Waals surface area contributed by atoms with Crippen molar-refractivity contribution in [3.63, 3.8) is 0 Å². The number of piperidine rings is 1. The lowest BCUT2D eigenvalue weighted by Gasteiger charge is -2.32. The normalized spacial score (nSPS) is 14.8. The number of hydrogen-bond donors (Lipinski definition) is 2. The van der Waals surface area contributed by atoms with E-state index in [9.17, 15) is 13.2 Å². The van der Waals surface area contributed by atoms with Crippen LogP contribution in [0.3, 0.4) is 0 Å². The number of unbranched alkanes of at least 4 members (excludes halogenated alkanes) is 1. The molecule has 3 rings (SSSR count). The summed E-state index contributed by atoms with van der Waals surface area (Å²) >= 11 is 6.57. The van der Waals surface area contributed by atoms with Crippen molar-refractivity contribution in [2.45, 2.75) is 45.6 Å². The van der Waals surface area contributed by atoms with E-state index in [1.807, 2.05) is 6.07 Å². The van der Waals surface area contributed by atoms with E-state index in [4.69, 9.17) is 32.2 Å². The quantitative estimate of drug-likeness (QED) is 0.186. The van der Waals surface area contributed by atoms with Crippen molar-refractivity contribution in [1.29, 1.82) is 5.41 Å². The number of rotatable bonds is 14. The number of benzene rings is 2. The lowest BCUT2D eigenvalue weighted by molar-refractivity contribution is -0.139. The molecule has 1 aliphatic heterocycles. The van der Waals surface area contributed by atoms with E-state index in [0.717, 1.165) is 42.3 Å². The summed E-state index contributed by atoms with van der Waals surface area (Å²) < 4.78 is 38.8. The lowest BCUT2D eigenvalue weighted by Crippen LogP contribution is -2.38. The van der Waals surface area contributed by atoms with Gasteiger partial charge in [0.1, 0.15) is 17.7 Å². The van der Waals surface area contributed by atoms with Gasteiger partial charge in [0.05, 0.1) is 23.9 Å². The number of nitrogen functional groups attached to an aromatic ring is 1. The number of ether oxygens (including phenoxy) is 2. The number of sulfonamides is 1. The Labute approximate surface area is 242 Å². The van der Waals surface area contributed by atoms with Crippen molar-refractivity contribution < 1.29 is 22.7 Å². The minimum atomic E-state index is -4.10. The zero-order valence-electron chi connectivity index (χ0n) is 23.1. The summed E-state index contributed by atoms with van der Waals surface area (Å²) in [6, 6.07) is 11.9. The van der Waals surface area contributed by atoms with Gasteiger partial charge in [0.25, 0.3) is 0 Å². The number of carbonyl (C=O) groups excluding carboxylic acids is 1. The molecule has 0 radical (unpaired) electrons. The molecule has 218 valence electrons. The van der Waals surface area contributed by atoms with Crippen molar-refractivity contribution in [3.8, 4) is 5.75 Å². The predicted molar refractivity (Wildman–Crippen MR) is 161 cm³/mol. The molecule has 0 amide bonds. The molecular formula is C29H39ClN4O5S. The second kappa shape index (κ2) is 15.1. The Bertz CT molecular complexity index is 1290. The molecule has 0 unspecified atom stereocenters. The molecule has 11 heteroatoms. The van der Waals surface area contributed by atoms with E-state index < -0.39 is 21.7 Å². The zero-order valence-corrected chi connectivity index (χ0v) is 24.7. The number of amidine groups is 1. The van der Waals surface area contributed by atoms with E-state index >= 15 is 0 Å². The van der Waals surface area contributed by atoms with Crippen molar-refractivity contribution in [3.05, 3.63) is 64.7 Å². The highest BCUT2D eigenvalue weighted by Crippen LogP contribution is 2.33. The van der Waals surface area contributed by atoms with E-state index in [0.29, 0.717) is 22.0 Å². The number of nitrogens with one attached hydrogen (secondary N) is 1. The number of halogens is 1. The third kappa shape index (κ3) is 9.25. The van der Waals surface area contributed by atoms with Gasteiger partial charge < -0.3 is 20.1 Å². The Kier molecular flexibility index (Phi) is 11.8. The molecule has 9 nitrogen and oxygen atoms in total. The summed E-state index contributed by atoms with van der Waals surface area (Å²) in [6.07, 6.45) is 7.59. The van der Waals surface area contributed by atoms with Crippen LogP contribution >= 0.6 is 11.6 Å². The molecule has 0 aromatic heterocycles. The van der Waals surface area contributed by atoms with Gasteiger partial charge in [0.15, 0.2) is 5.75 Å². The molecule has 2 aromatic rings. The maximum absolute atomic E-state index is 13.3. The van der Waals surface area contributed by atoms with E-state index in [1.165, 1.54) is 12.8 Å². The third-order valence-electron chi connectivity index (χ3n) is 6.58. The summed E-state index contributed by atoms with van der Waals surface area (Å²) in [5.74, 6) is -1.20. The molecule has 1 fully saturated rings. The molecule has 3 N–H and O–H groups in total. The first-order valence-corrected chi connectivity index (χ1v) is 15.6.